The summed E-state index contributed by atoms with van der Waals surface area (Å²) in [5.74, 6) is 0.322. The Morgan fingerprint density at radius 1 is 1.55 bits per heavy atom. The third-order valence-electron chi connectivity index (χ3n) is 2.16. The molecule has 0 bridgehead atoms. The van der Waals surface area contributed by atoms with Gasteiger partial charge in [-0.25, -0.2) is 4.79 Å². The van der Waals surface area contributed by atoms with Gasteiger partial charge >= 0.3 is 6.09 Å². The number of rotatable bonds is 2. The highest BCUT2D eigenvalue weighted by Gasteiger charge is 2.28. The van der Waals surface area contributed by atoms with Crippen molar-refractivity contribution in [3.8, 4) is 0 Å². The van der Waals surface area contributed by atoms with Crippen LogP contribution in [0.2, 0.25) is 0 Å². The van der Waals surface area contributed by atoms with Gasteiger partial charge in [-0.3, -0.25) is 0 Å². The summed E-state index contributed by atoms with van der Waals surface area (Å²) in [6.07, 6.45) is 2.33. The minimum atomic E-state index is -0.685. The first-order valence-electron chi connectivity index (χ1n) is 3.90. The van der Waals surface area contributed by atoms with Gasteiger partial charge < -0.3 is 16.2 Å². The molecule has 0 aromatic rings. The average Bonchev–Trinajstić information content (AvgIpc) is 2.34. The second kappa shape index (κ2) is 3.57. The molecule has 0 aliphatic heterocycles. The highest BCUT2D eigenvalue weighted by molar-refractivity contribution is 5.64. The van der Waals surface area contributed by atoms with Crippen molar-refractivity contribution in [2.45, 2.75) is 25.4 Å². The SMILES string of the molecule is NC[C@H]1CCC[C@@H]1OC(N)=O. The van der Waals surface area contributed by atoms with Crippen molar-refractivity contribution in [3.63, 3.8) is 0 Å². The molecule has 1 rings (SSSR count). The summed E-state index contributed by atoms with van der Waals surface area (Å²) in [4.78, 5) is 10.4. The van der Waals surface area contributed by atoms with Gasteiger partial charge in [0.2, 0.25) is 0 Å². The van der Waals surface area contributed by atoms with Crippen LogP contribution in [-0.2, 0) is 4.74 Å². The lowest BCUT2D eigenvalue weighted by molar-refractivity contribution is 0.0855. The summed E-state index contributed by atoms with van der Waals surface area (Å²) in [6, 6.07) is 0. The molecule has 4 nitrogen and oxygen atoms in total. The van der Waals surface area contributed by atoms with Gasteiger partial charge in [-0.05, 0) is 25.8 Å². The number of ether oxygens (including phenoxy) is 1. The van der Waals surface area contributed by atoms with Crippen LogP contribution in [0.3, 0.4) is 0 Å². The molecular weight excluding hydrogens is 144 g/mol. The minimum Gasteiger partial charge on any atom is -0.446 e. The second-order valence-corrected chi connectivity index (χ2v) is 2.90. The van der Waals surface area contributed by atoms with Crippen LogP contribution in [0.4, 0.5) is 4.79 Å². The number of hydrogen-bond donors (Lipinski definition) is 2. The number of nitrogens with two attached hydrogens (primary N) is 2. The fourth-order valence-electron chi connectivity index (χ4n) is 1.58. The van der Waals surface area contributed by atoms with E-state index in [1.165, 1.54) is 0 Å². The van der Waals surface area contributed by atoms with Crippen molar-refractivity contribution in [2.24, 2.45) is 17.4 Å². The number of carbonyl (C=O) groups is 1. The van der Waals surface area contributed by atoms with E-state index in [0.717, 1.165) is 19.3 Å². The van der Waals surface area contributed by atoms with Crippen molar-refractivity contribution in [1.29, 1.82) is 0 Å². The quantitative estimate of drug-likeness (QED) is 0.603. The third kappa shape index (κ3) is 2.08. The fraction of sp³-hybridized carbons (Fsp3) is 0.857. The van der Waals surface area contributed by atoms with Crippen LogP contribution in [0, 0.1) is 5.92 Å². The molecule has 0 saturated heterocycles. The van der Waals surface area contributed by atoms with E-state index >= 15 is 0 Å². The van der Waals surface area contributed by atoms with E-state index in [4.69, 9.17) is 16.2 Å². The largest absolute Gasteiger partial charge is 0.446 e. The molecule has 11 heavy (non-hydrogen) atoms. The van der Waals surface area contributed by atoms with Crippen LogP contribution >= 0.6 is 0 Å². The van der Waals surface area contributed by atoms with Crippen LogP contribution in [-0.4, -0.2) is 18.7 Å². The predicted molar refractivity (Wildman–Crippen MR) is 40.9 cm³/mol. The first kappa shape index (κ1) is 8.33. The van der Waals surface area contributed by atoms with Crippen LogP contribution in [0.1, 0.15) is 19.3 Å². The van der Waals surface area contributed by atoms with E-state index in [0.29, 0.717) is 12.5 Å². The monoisotopic (exact) mass is 158 g/mol. The number of primary amides is 1. The Hall–Kier alpha value is -0.770. The molecule has 0 heterocycles. The maximum atomic E-state index is 10.4. The molecule has 4 N–H and O–H groups in total. The molecule has 1 aliphatic rings. The number of hydrogen-bond acceptors (Lipinski definition) is 3. The van der Waals surface area contributed by atoms with E-state index in [-0.39, 0.29) is 6.10 Å². The molecule has 0 spiro atoms. The standard InChI is InChI=1S/C7H14N2O2/c8-4-5-2-1-3-6(5)11-7(9)10/h5-6H,1-4,8H2,(H2,9,10)/t5-,6+/m1/s1. The van der Waals surface area contributed by atoms with E-state index < -0.39 is 6.09 Å². The lowest BCUT2D eigenvalue weighted by atomic mass is 10.1. The molecule has 0 unspecified atom stereocenters. The summed E-state index contributed by atoms with van der Waals surface area (Å²) >= 11 is 0. The summed E-state index contributed by atoms with van der Waals surface area (Å²) < 4.78 is 4.87. The lowest BCUT2D eigenvalue weighted by Crippen LogP contribution is -2.29. The molecule has 1 fully saturated rings. The molecule has 64 valence electrons. The molecule has 0 aromatic heterocycles. The Bertz CT molecular complexity index is 149. The van der Waals surface area contributed by atoms with Gasteiger partial charge in [0.25, 0.3) is 0 Å². The number of carbonyl (C=O) groups excluding carboxylic acids is 1. The molecule has 4 heteroatoms. The van der Waals surface area contributed by atoms with Crippen molar-refractivity contribution < 1.29 is 9.53 Å². The molecule has 2 atom stereocenters. The molecule has 1 saturated carbocycles. The Kier molecular flexibility index (Phi) is 2.70. The normalized spacial score (nSPS) is 30.3. The van der Waals surface area contributed by atoms with E-state index in [9.17, 15) is 4.79 Å². The predicted octanol–water partition coefficient (Wildman–Crippen LogP) is 0.209. The zero-order valence-electron chi connectivity index (χ0n) is 6.45. The topological polar surface area (TPSA) is 78.3 Å². The molecule has 0 radical (unpaired) electrons. The fourth-order valence-corrected chi connectivity index (χ4v) is 1.58. The van der Waals surface area contributed by atoms with Crippen LogP contribution in [0.15, 0.2) is 0 Å². The maximum absolute atomic E-state index is 10.4. The van der Waals surface area contributed by atoms with Crippen LogP contribution in [0.25, 0.3) is 0 Å². The van der Waals surface area contributed by atoms with E-state index in [2.05, 4.69) is 0 Å². The van der Waals surface area contributed by atoms with Crippen molar-refractivity contribution >= 4 is 6.09 Å². The smallest absolute Gasteiger partial charge is 0.404 e. The Labute approximate surface area is 65.9 Å². The first-order chi connectivity index (χ1) is 5.24. The van der Waals surface area contributed by atoms with Gasteiger partial charge in [0, 0.05) is 5.92 Å². The first-order valence-corrected chi connectivity index (χ1v) is 3.90. The van der Waals surface area contributed by atoms with Crippen molar-refractivity contribution in [1.82, 2.24) is 0 Å². The van der Waals surface area contributed by atoms with Crippen LogP contribution in [0.5, 0.6) is 0 Å². The Morgan fingerprint density at radius 2 is 2.27 bits per heavy atom. The highest BCUT2D eigenvalue weighted by atomic mass is 16.6. The highest BCUT2D eigenvalue weighted by Crippen LogP contribution is 2.26. The van der Waals surface area contributed by atoms with Gasteiger partial charge in [0.1, 0.15) is 6.10 Å². The van der Waals surface area contributed by atoms with E-state index in [1.54, 1.807) is 0 Å². The second-order valence-electron chi connectivity index (χ2n) is 2.90. The van der Waals surface area contributed by atoms with Gasteiger partial charge in [0.05, 0.1) is 0 Å². The Morgan fingerprint density at radius 3 is 2.82 bits per heavy atom. The third-order valence-corrected chi connectivity index (χ3v) is 2.16. The summed E-state index contributed by atoms with van der Waals surface area (Å²) in [5.41, 5.74) is 10.4. The lowest BCUT2D eigenvalue weighted by Gasteiger charge is -2.16. The van der Waals surface area contributed by atoms with Crippen molar-refractivity contribution in [3.05, 3.63) is 0 Å². The molecule has 0 aromatic carbocycles. The zero-order chi connectivity index (χ0) is 8.27. The van der Waals surface area contributed by atoms with Crippen molar-refractivity contribution in [2.75, 3.05) is 6.54 Å². The maximum Gasteiger partial charge on any atom is 0.404 e. The molecule has 1 aliphatic carbocycles. The molecule has 1 amide bonds. The van der Waals surface area contributed by atoms with Gasteiger partial charge in [0.15, 0.2) is 0 Å². The van der Waals surface area contributed by atoms with Crippen LogP contribution < -0.4 is 11.5 Å². The zero-order valence-corrected chi connectivity index (χ0v) is 6.45. The molecular formula is C7H14N2O2. The van der Waals surface area contributed by atoms with Gasteiger partial charge in [-0.2, -0.15) is 0 Å². The number of amides is 1. The minimum absolute atomic E-state index is 0.0301. The summed E-state index contributed by atoms with van der Waals surface area (Å²) in [6.45, 7) is 0.581. The Balaban J connectivity index is 2.37. The summed E-state index contributed by atoms with van der Waals surface area (Å²) in [5, 5.41) is 0. The van der Waals surface area contributed by atoms with Gasteiger partial charge in [-0.15, -0.1) is 0 Å². The average molecular weight is 158 g/mol. The van der Waals surface area contributed by atoms with E-state index in [1.807, 2.05) is 0 Å². The van der Waals surface area contributed by atoms with Gasteiger partial charge in [-0.1, -0.05) is 0 Å². The summed E-state index contributed by atoms with van der Waals surface area (Å²) in [7, 11) is 0.